The summed E-state index contributed by atoms with van der Waals surface area (Å²) in [6.07, 6.45) is 1.77. The monoisotopic (exact) mass is 284 g/mol. The largest absolute Gasteiger partial charge is 0.360 e. The van der Waals surface area contributed by atoms with E-state index < -0.39 is 0 Å². The van der Waals surface area contributed by atoms with Gasteiger partial charge in [-0.15, -0.1) is 11.3 Å². The topological polar surface area (TPSA) is 44.9 Å². The van der Waals surface area contributed by atoms with Crippen molar-refractivity contribution in [3.05, 3.63) is 57.9 Å². The summed E-state index contributed by atoms with van der Waals surface area (Å²) in [4.78, 5) is 17.9. The van der Waals surface area contributed by atoms with Gasteiger partial charge in [0.05, 0.1) is 11.6 Å². The second-order valence-corrected chi connectivity index (χ2v) is 6.21. The van der Waals surface area contributed by atoms with E-state index in [2.05, 4.69) is 29.4 Å². The van der Waals surface area contributed by atoms with Gasteiger partial charge in [0.25, 0.3) is 5.91 Å². The molecular formula is C16H16N2OS. The van der Waals surface area contributed by atoms with Gasteiger partial charge in [-0.05, 0) is 32.0 Å². The van der Waals surface area contributed by atoms with E-state index in [1.165, 1.54) is 9.75 Å². The van der Waals surface area contributed by atoms with Gasteiger partial charge in [0, 0.05) is 26.9 Å². The number of carbonyl (C=O) groups is 1. The number of hydrogen-bond donors (Lipinski definition) is 2. The highest BCUT2D eigenvalue weighted by molar-refractivity contribution is 7.12. The molecule has 1 unspecified atom stereocenters. The summed E-state index contributed by atoms with van der Waals surface area (Å²) in [5, 5.41) is 4.01. The van der Waals surface area contributed by atoms with E-state index in [0.29, 0.717) is 5.56 Å². The number of aromatic nitrogens is 1. The molecule has 20 heavy (non-hydrogen) atoms. The van der Waals surface area contributed by atoms with Crippen LogP contribution in [0.4, 0.5) is 0 Å². The Morgan fingerprint density at radius 2 is 2.05 bits per heavy atom. The van der Waals surface area contributed by atoms with Gasteiger partial charge in [0.2, 0.25) is 0 Å². The molecule has 3 rings (SSSR count). The molecule has 0 saturated carbocycles. The lowest BCUT2D eigenvalue weighted by molar-refractivity contribution is 0.0942. The van der Waals surface area contributed by atoms with E-state index in [0.717, 1.165) is 10.9 Å². The maximum absolute atomic E-state index is 12.4. The van der Waals surface area contributed by atoms with E-state index in [9.17, 15) is 4.79 Å². The van der Waals surface area contributed by atoms with Crippen molar-refractivity contribution < 1.29 is 4.79 Å². The fourth-order valence-corrected chi connectivity index (χ4v) is 3.17. The number of amides is 1. The fraction of sp³-hybridized carbons (Fsp3) is 0.188. The first-order valence-electron chi connectivity index (χ1n) is 6.58. The quantitative estimate of drug-likeness (QED) is 0.749. The van der Waals surface area contributed by atoms with Crippen LogP contribution in [0.5, 0.6) is 0 Å². The van der Waals surface area contributed by atoms with Gasteiger partial charge in [0.15, 0.2) is 0 Å². The number of aryl methyl sites for hydroxylation is 1. The molecule has 2 heterocycles. The number of aromatic amines is 1. The molecule has 3 aromatic rings. The Morgan fingerprint density at radius 3 is 2.80 bits per heavy atom. The maximum Gasteiger partial charge on any atom is 0.253 e. The predicted molar refractivity (Wildman–Crippen MR) is 83.2 cm³/mol. The van der Waals surface area contributed by atoms with E-state index in [1.807, 2.05) is 31.2 Å². The lowest BCUT2D eigenvalue weighted by atomic mass is 10.1. The number of fused-ring (bicyclic) bond motifs is 1. The number of rotatable bonds is 3. The smallest absolute Gasteiger partial charge is 0.253 e. The van der Waals surface area contributed by atoms with Crippen LogP contribution >= 0.6 is 11.3 Å². The van der Waals surface area contributed by atoms with Gasteiger partial charge in [-0.3, -0.25) is 4.79 Å². The molecule has 4 heteroatoms. The summed E-state index contributed by atoms with van der Waals surface area (Å²) >= 11 is 1.72. The predicted octanol–water partition coefficient (Wildman–Crippen LogP) is 4.03. The van der Waals surface area contributed by atoms with E-state index in [1.54, 1.807) is 17.5 Å². The lowest BCUT2D eigenvalue weighted by Crippen LogP contribution is -2.25. The zero-order chi connectivity index (χ0) is 14.1. The van der Waals surface area contributed by atoms with Gasteiger partial charge in [-0.2, -0.15) is 0 Å². The number of para-hydroxylation sites is 1. The van der Waals surface area contributed by atoms with Crippen molar-refractivity contribution in [3.63, 3.8) is 0 Å². The number of hydrogen-bond acceptors (Lipinski definition) is 2. The average molecular weight is 284 g/mol. The fourth-order valence-electron chi connectivity index (χ4n) is 2.29. The van der Waals surface area contributed by atoms with Crippen molar-refractivity contribution in [1.82, 2.24) is 10.3 Å². The summed E-state index contributed by atoms with van der Waals surface area (Å²) < 4.78 is 0. The minimum absolute atomic E-state index is 0.0230. The molecule has 1 atom stereocenters. The molecule has 2 N–H and O–H groups in total. The minimum atomic E-state index is -0.0407. The van der Waals surface area contributed by atoms with E-state index in [-0.39, 0.29) is 11.9 Å². The van der Waals surface area contributed by atoms with Crippen LogP contribution in [0.2, 0.25) is 0 Å². The van der Waals surface area contributed by atoms with Crippen molar-refractivity contribution in [1.29, 1.82) is 0 Å². The van der Waals surface area contributed by atoms with Crippen LogP contribution in [0.3, 0.4) is 0 Å². The van der Waals surface area contributed by atoms with Crippen LogP contribution < -0.4 is 5.32 Å². The molecule has 0 saturated heterocycles. The van der Waals surface area contributed by atoms with Gasteiger partial charge >= 0.3 is 0 Å². The molecule has 0 aliphatic heterocycles. The Morgan fingerprint density at radius 1 is 1.25 bits per heavy atom. The second kappa shape index (κ2) is 5.13. The first-order valence-corrected chi connectivity index (χ1v) is 7.40. The molecule has 2 aromatic heterocycles. The van der Waals surface area contributed by atoms with Crippen LogP contribution in [0.1, 0.15) is 33.1 Å². The zero-order valence-corrected chi connectivity index (χ0v) is 12.3. The summed E-state index contributed by atoms with van der Waals surface area (Å²) in [5.41, 5.74) is 1.68. The summed E-state index contributed by atoms with van der Waals surface area (Å²) in [5.74, 6) is -0.0407. The summed E-state index contributed by atoms with van der Waals surface area (Å²) in [6, 6.07) is 12.0. The van der Waals surface area contributed by atoms with Gasteiger partial charge < -0.3 is 10.3 Å². The molecular weight excluding hydrogens is 268 g/mol. The molecule has 0 aliphatic rings. The van der Waals surface area contributed by atoms with Crippen LogP contribution in [-0.2, 0) is 0 Å². The Labute approximate surface area is 121 Å². The number of carbonyl (C=O) groups excluding carboxylic acids is 1. The van der Waals surface area contributed by atoms with Crippen molar-refractivity contribution in [2.75, 3.05) is 0 Å². The first-order chi connectivity index (χ1) is 9.65. The Balaban J connectivity index is 1.82. The number of H-pyrrole nitrogens is 1. The van der Waals surface area contributed by atoms with Crippen LogP contribution in [0.25, 0.3) is 10.9 Å². The van der Waals surface area contributed by atoms with Gasteiger partial charge in [-0.25, -0.2) is 0 Å². The Kier molecular flexibility index (Phi) is 3.32. The summed E-state index contributed by atoms with van der Waals surface area (Å²) in [7, 11) is 0. The average Bonchev–Trinajstić information content (AvgIpc) is 3.04. The van der Waals surface area contributed by atoms with Crippen molar-refractivity contribution in [2.24, 2.45) is 0 Å². The third kappa shape index (κ3) is 2.34. The highest BCUT2D eigenvalue weighted by Gasteiger charge is 2.15. The summed E-state index contributed by atoms with van der Waals surface area (Å²) in [6.45, 7) is 4.08. The van der Waals surface area contributed by atoms with Crippen LogP contribution in [0.15, 0.2) is 42.6 Å². The second-order valence-electron chi connectivity index (χ2n) is 4.89. The molecule has 0 bridgehead atoms. The van der Waals surface area contributed by atoms with Crippen molar-refractivity contribution >= 4 is 28.1 Å². The Hall–Kier alpha value is -2.07. The number of thiophene rings is 1. The molecule has 0 radical (unpaired) electrons. The lowest BCUT2D eigenvalue weighted by Gasteiger charge is -2.11. The molecule has 1 amide bonds. The van der Waals surface area contributed by atoms with Crippen molar-refractivity contribution in [3.8, 4) is 0 Å². The highest BCUT2D eigenvalue weighted by atomic mass is 32.1. The van der Waals surface area contributed by atoms with Crippen LogP contribution in [-0.4, -0.2) is 10.9 Å². The number of nitrogens with one attached hydrogen (secondary N) is 2. The van der Waals surface area contributed by atoms with Gasteiger partial charge in [-0.1, -0.05) is 18.2 Å². The number of benzene rings is 1. The highest BCUT2D eigenvalue weighted by Crippen LogP contribution is 2.23. The van der Waals surface area contributed by atoms with Crippen LogP contribution in [0, 0.1) is 6.92 Å². The SMILES string of the molecule is Cc1ccc(C(C)NC(=O)c2c[nH]c3ccccc23)s1. The maximum atomic E-state index is 12.4. The molecule has 0 spiro atoms. The van der Waals surface area contributed by atoms with E-state index in [4.69, 9.17) is 0 Å². The molecule has 102 valence electrons. The molecule has 0 fully saturated rings. The van der Waals surface area contributed by atoms with Crippen molar-refractivity contribution in [2.45, 2.75) is 19.9 Å². The third-order valence-corrected chi connectivity index (χ3v) is 4.55. The standard InChI is InChI=1S/C16H16N2OS/c1-10-7-8-15(20-10)11(2)18-16(19)13-9-17-14-6-4-3-5-12(13)14/h3-9,11,17H,1-2H3,(H,18,19). The third-order valence-electron chi connectivity index (χ3n) is 3.37. The normalized spacial score (nSPS) is 12.5. The molecule has 1 aromatic carbocycles. The Bertz CT molecular complexity index is 757. The zero-order valence-electron chi connectivity index (χ0n) is 11.4. The van der Waals surface area contributed by atoms with E-state index >= 15 is 0 Å². The van der Waals surface area contributed by atoms with Gasteiger partial charge in [0.1, 0.15) is 0 Å². The molecule has 0 aliphatic carbocycles. The molecule has 3 nitrogen and oxygen atoms in total. The first kappa shape index (κ1) is 12.9. The minimum Gasteiger partial charge on any atom is -0.360 e.